The molecule has 0 saturated heterocycles. The minimum atomic E-state index is 0.492. The van der Waals surface area contributed by atoms with Crippen molar-refractivity contribution < 1.29 is 0 Å². The van der Waals surface area contributed by atoms with Gasteiger partial charge in [0.15, 0.2) is 5.82 Å². The van der Waals surface area contributed by atoms with Crippen molar-refractivity contribution in [3.8, 4) is 0 Å². The topological polar surface area (TPSA) is 45.4 Å². The van der Waals surface area contributed by atoms with Crippen LogP contribution < -0.4 is 10.6 Å². The molecule has 4 nitrogen and oxygen atoms in total. The molecule has 108 valence electrons. The summed E-state index contributed by atoms with van der Waals surface area (Å²) >= 11 is 5.95. The first-order valence-corrected chi connectivity index (χ1v) is 7.39. The van der Waals surface area contributed by atoms with Crippen LogP contribution in [0.15, 0.2) is 12.1 Å². The van der Waals surface area contributed by atoms with Gasteiger partial charge in [-0.3, -0.25) is 0 Å². The number of hydrogen-bond acceptors (Lipinski definition) is 4. The molecule has 0 radical (unpaired) electrons. The third-order valence-corrected chi connectivity index (χ3v) is 3.56. The van der Waals surface area contributed by atoms with Gasteiger partial charge in [0.25, 0.3) is 0 Å². The molecule has 0 unspecified atom stereocenters. The number of nitrogens with zero attached hydrogens (tertiary/aromatic N) is 3. The van der Waals surface area contributed by atoms with E-state index in [-0.39, 0.29) is 0 Å². The van der Waals surface area contributed by atoms with Gasteiger partial charge < -0.3 is 15.5 Å². The summed E-state index contributed by atoms with van der Waals surface area (Å²) in [6.07, 6.45) is 1.10. The lowest BCUT2D eigenvalue weighted by Gasteiger charge is -2.25. The van der Waals surface area contributed by atoms with E-state index in [1.54, 1.807) is 6.07 Å². The van der Waals surface area contributed by atoms with E-state index in [2.05, 4.69) is 35.6 Å². The number of halogens is 1. The SMILES string of the molecule is CCN(CC)CCCN(CC)c1nc(Cl)ccc1N. The lowest BCUT2D eigenvalue weighted by molar-refractivity contribution is 0.300. The van der Waals surface area contributed by atoms with Crippen molar-refractivity contribution in [1.29, 1.82) is 0 Å². The molecule has 0 aliphatic rings. The molecule has 0 amide bonds. The maximum Gasteiger partial charge on any atom is 0.153 e. The molecule has 19 heavy (non-hydrogen) atoms. The molecule has 0 aliphatic carbocycles. The normalized spacial score (nSPS) is 11.0. The van der Waals surface area contributed by atoms with Crippen molar-refractivity contribution in [3.05, 3.63) is 17.3 Å². The molecular weight excluding hydrogens is 260 g/mol. The molecule has 0 aromatic carbocycles. The van der Waals surface area contributed by atoms with E-state index in [9.17, 15) is 0 Å². The summed E-state index contributed by atoms with van der Waals surface area (Å²) in [4.78, 5) is 8.94. The van der Waals surface area contributed by atoms with Gasteiger partial charge in [0, 0.05) is 13.1 Å². The fourth-order valence-corrected chi connectivity index (χ4v) is 2.27. The quantitative estimate of drug-likeness (QED) is 0.746. The fourth-order valence-electron chi connectivity index (χ4n) is 2.13. The minimum absolute atomic E-state index is 0.492. The van der Waals surface area contributed by atoms with Crippen LogP contribution in [0.4, 0.5) is 11.5 Å². The Hall–Kier alpha value is -1.00. The molecule has 1 aromatic rings. The summed E-state index contributed by atoms with van der Waals surface area (Å²) in [5.74, 6) is 0.801. The first kappa shape index (κ1) is 16.1. The van der Waals surface area contributed by atoms with Crippen molar-refractivity contribution in [1.82, 2.24) is 9.88 Å². The van der Waals surface area contributed by atoms with Crippen LogP contribution in [0, 0.1) is 0 Å². The Balaban J connectivity index is 2.60. The molecule has 1 aromatic heterocycles. The lowest BCUT2D eigenvalue weighted by Crippen LogP contribution is -2.30. The minimum Gasteiger partial charge on any atom is -0.396 e. The van der Waals surface area contributed by atoms with Crippen LogP contribution in [-0.4, -0.2) is 42.6 Å². The average molecular weight is 285 g/mol. The Kier molecular flexibility index (Phi) is 6.95. The van der Waals surface area contributed by atoms with Crippen molar-refractivity contribution in [2.75, 3.05) is 43.4 Å². The maximum atomic E-state index is 5.98. The van der Waals surface area contributed by atoms with Gasteiger partial charge in [0.1, 0.15) is 5.15 Å². The summed E-state index contributed by atoms with van der Waals surface area (Å²) in [5, 5.41) is 0.492. The summed E-state index contributed by atoms with van der Waals surface area (Å²) < 4.78 is 0. The zero-order valence-electron chi connectivity index (χ0n) is 12.2. The van der Waals surface area contributed by atoms with Gasteiger partial charge in [-0.05, 0) is 45.1 Å². The van der Waals surface area contributed by atoms with Gasteiger partial charge >= 0.3 is 0 Å². The van der Waals surface area contributed by atoms with Gasteiger partial charge in [0.2, 0.25) is 0 Å². The maximum absolute atomic E-state index is 5.98. The van der Waals surface area contributed by atoms with E-state index in [1.165, 1.54) is 0 Å². The molecular formula is C14H25ClN4. The Morgan fingerprint density at radius 2 is 1.79 bits per heavy atom. The van der Waals surface area contributed by atoms with Gasteiger partial charge in [-0.25, -0.2) is 4.98 Å². The third-order valence-electron chi connectivity index (χ3n) is 3.35. The van der Waals surface area contributed by atoms with Crippen LogP contribution in [0.3, 0.4) is 0 Å². The molecule has 0 aliphatic heterocycles. The van der Waals surface area contributed by atoms with E-state index in [1.807, 2.05) is 6.07 Å². The summed E-state index contributed by atoms with van der Waals surface area (Å²) in [5.41, 5.74) is 6.67. The second-order valence-corrected chi connectivity index (χ2v) is 4.89. The zero-order valence-corrected chi connectivity index (χ0v) is 13.0. The number of nitrogen functional groups attached to an aromatic ring is 1. The highest BCUT2D eigenvalue weighted by molar-refractivity contribution is 6.29. The van der Waals surface area contributed by atoms with Gasteiger partial charge in [0.05, 0.1) is 5.69 Å². The van der Waals surface area contributed by atoms with Crippen molar-refractivity contribution in [2.45, 2.75) is 27.2 Å². The Bertz CT molecular complexity index is 380. The molecule has 1 heterocycles. The Labute approximate surface area is 121 Å². The molecule has 5 heteroatoms. The lowest BCUT2D eigenvalue weighted by atomic mass is 10.3. The van der Waals surface area contributed by atoms with Crippen LogP contribution in [-0.2, 0) is 0 Å². The number of rotatable bonds is 8. The van der Waals surface area contributed by atoms with Gasteiger partial charge in [-0.1, -0.05) is 25.4 Å². The second-order valence-electron chi connectivity index (χ2n) is 4.51. The highest BCUT2D eigenvalue weighted by Crippen LogP contribution is 2.22. The third kappa shape index (κ3) is 4.88. The number of anilines is 2. The molecule has 0 spiro atoms. The number of hydrogen-bond donors (Lipinski definition) is 1. The predicted molar refractivity (Wildman–Crippen MR) is 84.0 cm³/mol. The van der Waals surface area contributed by atoms with Crippen LogP contribution in [0.1, 0.15) is 27.2 Å². The Morgan fingerprint density at radius 1 is 1.11 bits per heavy atom. The summed E-state index contributed by atoms with van der Waals surface area (Å²) in [6.45, 7) is 11.6. The number of aromatic nitrogens is 1. The molecule has 0 fully saturated rings. The molecule has 0 atom stereocenters. The largest absolute Gasteiger partial charge is 0.396 e. The summed E-state index contributed by atoms with van der Waals surface area (Å²) in [7, 11) is 0. The number of nitrogens with two attached hydrogens (primary N) is 1. The second kappa shape index (κ2) is 8.23. The highest BCUT2D eigenvalue weighted by atomic mass is 35.5. The van der Waals surface area contributed by atoms with Crippen LogP contribution in [0.25, 0.3) is 0 Å². The van der Waals surface area contributed by atoms with E-state index in [0.717, 1.165) is 45.0 Å². The highest BCUT2D eigenvalue weighted by Gasteiger charge is 2.10. The summed E-state index contributed by atoms with van der Waals surface area (Å²) in [6, 6.07) is 3.54. The number of pyridine rings is 1. The van der Waals surface area contributed by atoms with E-state index >= 15 is 0 Å². The zero-order chi connectivity index (χ0) is 14.3. The molecule has 2 N–H and O–H groups in total. The molecule has 0 bridgehead atoms. The molecule has 0 saturated carbocycles. The van der Waals surface area contributed by atoms with E-state index in [0.29, 0.717) is 10.8 Å². The first-order valence-electron chi connectivity index (χ1n) is 7.01. The Morgan fingerprint density at radius 3 is 2.37 bits per heavy atom. The van der Waals surface area contributed by atoms with Crippen LogP contribution in [0.5, 0.6) is 0 Å². The standard InChI is InChI=1S/C14H25ClN4/c1-4-18(5-2)10-7-11-19(6-3)14-12(16)8-9-13(15)17-14/h8-9H,4-7,10-11,16H2,1-3H3. The molecule has 1 rings (SSSR count). The predicted octanol–water partition coefficient (Wildman–Crippen LogP) is 2.88. The van der Waals surface area contributed by atoms with Gasteiger partial charge in [-0.2, -0.15) is 0 Å². The first-order chi connectivity index (χ1) is 9.12. The fraction of sp³-hybridized carbons (Fsp3) is 0.643. The van der Waals surface area contributed by atoms with Crippen LogP contribution in [0.2, 0.25) is 5.15 Å². The van der Waals surface area contributed by atoms with Crippen molar-refractivity contribution in [2.24, 2.45) is 0 Å². The smallest absolute Gasteiger partial charge is 0.153 e. The van der Waals surface area contributed by atoms with Crippen LogP contribution >= 0.6 is 11.6 Å². The van der Waals surface area contributed by atoms with E-state index in [4.69, 9.17) is 17.3 Å². The van der Waals surface area contributed by atoms with Gasteiger partial charge in [-0.15, -0.1) is 0 Å². The monoisotopic (exact) mass is 284 g/mol. The van der Waals surface area contributed by atoms with E-state index < -0.39 is 0 Å². The van der Waals surface area contributed by atoms with Crippen molar-refractivity contribution in [3.63, 3.8) is 0 Å². The average Bonchev–Trinajstić information content (AvgIpc) is 2.42. The van der Waals surface area contributed by atoms with Crippen molar-refractivity contribution >= 4 is 23.1 Å².